The Morgan fingerprint density at radius 1 is 1.57 bits per heavy atom. The first-order valence-electron chi connectivity index (χ1n) is 4.50. The van der Waals surface area contributed by atoms with Crippen molar-refractivity contribution in [1.29, 1.82) is 0 Å². The molecule has 0 aliphatic heterocycles. The highest BCUT2D eigenvalue weighted by Gasteiger charge is 2.00. The Bertz CT molecular complexity index is 171. The van der Waals surface area contributed by atoms with Crippen molar-refractivity contribution in [2.75, 3.05) is 6.61 Å². The number of carbonyl (C=O) groups is 1. The standard InChI is InChI=1S/C6H10O3.C2H10OSi2/c1-5(6(8)9)3-2-4-7;1-5(2)3-4/h7H,1-4H2,(H,8,9);5H,1-2,4H3. The molecule has 0 saturated heterocycles. The minimum atomic E-state index is -0.983. The fourth-order valence-corrected chi connectivity index (χ4v) is 0.399. The number of aliphatic carboxylic acids is 1. The third-order valence-electron chi connectivity index (χ3n) is 1.41. The molecule has 0 amide bonds. The average molecular weight is 236 g/mol. The molecule has 0 aromatic carbocycles. The SMILES string of the molecule is C=C(CCCO)C(=O)O.C[SiH](C)O[SiH3]. The number of rotatable bonds is 5. The van der Waals surface area contributed by atoms with Crippen LogP contribution in [0.1, 0.15) is 12.8 Å². The summed E-state index contributed by atoms with van der Waals surface area (Å²) in [6.07, 6.45) is 0.844. The normalized spacial score (nSPS) is 9.43. The van der Waals surface area contributed by atoms with Gasteiger partial charge >= 0.3 is 5.97 Å². The summed E-state index contributed by atoms with van der Waals surface area (Å²) in [5.41, 5.74) is 0.157. The van der Waals surface area contributed by atoms with Gasteiger partial charge in [-0.25, -0.2) is 4.79 Å². The van der Waals surface area contributed by atoms with Crippen LogP contribution in [0.4, 0.5) is 0 Å². The molecule has 0 rings (SSSR count). The van der Waals surface area contributed by atoms with Gasteiger partial charge in [0.25, 0.3) is 0 Å². The van der Waals surface area contributed by atoms with Gasteiger partial charge in [-0.3, -0.25) is 0 Å². The van der Waals surface area contributed by atoms with Gasteiger partial charge in [0, 0.05) is 12.2 Å². The van der Waals surface area contributed by atoms with Crippen LogP contribution < -0.4 is 0 Å². The van der Waals surface area contributed by atoms with E-state index in [-0.39, 0.29) is 12.2 Å². The van der Waals surface area contributed by atoms with Crippen molar-refractivity contribution in [3.63, 3.8) is 0 Å². The zero-order valence-corrected chi connectivity index (χ0v) is 12.3. The lowest BCUT2D eigenvalue weighted by molar-refractivity contribution is -0.132. The molecule has 0 saturated carbocycles. The van der Waals surface area contributed by atoms with Gasteiger partial charge in [0.15, 0.2) is 9.04 Å². The lowest BCUT2D eigenvalue weighted by atomic mass is 10.2. The molecule has 4 nitrogen and oxygen atoms in total. The number of aliphatic hydroxyl groups is 1. The van der Waals surface area contributed by atoms with Crippen LogP contribution in [-0.2, 0) is 8.91 Å². The second-order valence-electron chi connectivity index (χ2n) is 3.02. The number of aliphatic hydroxyl groups excluding tert-OH is 1. The first-order chi connectivity index (χ1) is 6.45. The highest BCUT2D eigenvalue weighted by Crippen LogP contribution is 2.00. The van der Waals surface area contributed by atoms with E-state index < -0.39 is 15.0 Å². The van der Waals surface area contributed by atoms with Crippen molar-refractivity contribution in [2.24, 2.45) is 0 Å². The fraction of sp³-hybridized carbons (Fsp3) is 0.625. The molecular weight excluding hydrogens is 216 g/mol. The number of carboxylic acids is 1. The van der Waals surface area contributed by atoms with Crippen molar-refractivity contribution in [3.05, 3.63) is 12.2 Å². The van der Waals surface area contributed by atoms with Crippen LogP contribution in [0, 0.1) is 0 Å². The number of carboxylic acid groups (broad SMARTS) is 1. The van der Waals surface area contributed by atoms with Crippen molar-refractivity contribution < 1.29 is 19.1 Å². The first kappa shape index (κ1) is 16.0. The Morgan fingerprint density at radius 3 is 2.21 bits per heavy atom. The summed E-state index contributed by atoms with van der Waals surface area (Å²) in [6, 6.07) is 0. The molecule has 0 unspecified atom stereocenters. The molecule has 0 aromatic rings. The topological polar surface area (TPSA) is 66.8 Å². The molecule has 0 bridgehead atoms. The van der Waals surface area contributed by atoms with E-state index in [4.69, 9.17) is 14.3 Å². The number of hydrogen-bond donors (Lipinski definition) is 2. The van der Waals surface area contributed by atoms with Gasteiger partial charge in [-0.2, -0.15) is 0 Å². The summed E-state index contributed by atoms with van der Waals surface area (Å²) in [4.78, 5) is 10.0. The Balaban J connectivity index is 0. The van der Waals surface area contributed by atoms with E-state index in [9.17, 15) is 4.79 Å². The van der Waals surface area contributed by atoms with Gasteiger partial charge in [-0.15, -0.1) is 0 Å². The molecule has 0 aliphatic carbocycles. The van der Waals surface area contributed by atoms with Crippen molar-refractivity contribution in [3.8, 4) is 0 Å². The van der Waals surface area contributed by atoms with Gasteiger partial charge in [-0.05, 0) is 25.9 Å². The zero-order valence-electron chi connectivity index (χ0n) is 9.12. The smallest absolute Gasteiger partial charge is 0.330 e. The largest absolute Gasteiger partial charge is 0.478 e. The summed E-state index contributed by atoms with van der Waals surface area (Å²) in [5, 5.41) is 16.5. The molecule has 0 spiro atoms. The molecular formula is C8H20O4Si2. The molecule has 0 radical (unpaired) electrons. The quantitative estimate of drug-likeness (QED) is 0.506. The highest BCUT2D eigenvalue weighted by atomic mass is 28.3. The fourth-order valence-electron chi connectivity index (χ4n) is 0.399. The molecule has 14 heavy (non-hydrogen) atoms. The average Bonchev–Trinajstić information content (AvgIpc) is 2.14. The molecule has 0 fully saturated rings. The summed E-state index contributed by atoms with van der Waals surface area (Å²) < 4.78 is 5.03. The minimum absolute atomic E-state index is 0.0201. The predicted octanol–water partition coefficient (Wildman–Crippen LogP) is -0.334. The molecule has 0 heterocycles. The molecule has 2 N–H and O–H groups in total. The van der Waals surface area contributed by atoms with Gasteiger partial charge in [-0.1, -0.05) is 6.58 Å². The van der Waals surface area contributed by atoms with Crippen LogP contribution in [0.2, 0.25) is 13.1 Å². The Kier molecular flexibility index (Phi) is 12.2. The van der Waals surface area contributed by atoms with E-state index in [0.717, 1.165) is 10.5 Å². The summed E-state index contributed by atoms with van der Waals surface area (Å²) in [7, 11) is 0.347. The monoisotopic (exact) mass is 236 g/mol. The summed E-state index contributed by atoms with van der Waals surface area (Å²) in [6.45, 7) is 7.65. The lowest BCUT2D eigenvalue weighted by Crippen LogP contribution is -2.02. The number of hydrogen-bond acceptors (Lipinski definition) is 3. The van der Waals surface area contributed by atoms with Crippen LogP contribution >= 0.6 is 0 Å². The molecule has 0 atom stereocenters. The van der Waals surface area contributed by atoms with Crippen LogP contribution in [0.3, 0.4) is 0 Å². The third kappa shape index (κ3) is 14.1. The third-order valence-corrected chi connectivity index (χ3v) is 5.18. The maximum absolute atomic E-state index is 10.0. The van der Waals surface area contributed by atoms with E-state index in [1.54, 1.807) is 0 Å². The van der Waals surface area contributed by atoms with Gasteiger partial charge in [0.2, 0.25) is 0 Å². The van der Waals surface area contributed by atoms with E-state index in [1.807, 2.05) is 0 Å². The Morgan fingerprint density at radius 2 is 2.00 bits per heavy atom. The maximum atomic E-state index is 10.0. The second-order valence-corrected chi connectivity index (χ2v) is 7.00. The predicted molar refractivity (Wildman–Crippen MR) is 63.0 cm³/mol. The lowest BCUT2D eigenvalue weighted by Gasteiger charge is -1.94. The van der Waals surface area contributed by atoms with Crippen LogP contribution in [0.15, 0.2) is 12.2 Å². The molecule has 84 valence electrons. The highest BCUT2D eigenvalue weighted by molar-refractivity contribution is 6.52. The van der Waals surface area contributed by atoms with Crippen molar-refractivity contribution >= 4 is 25.5 Å². The van der Waals surface area contributed by atoms with Crippen LogP contribution in [0.5, 0.6) is 0 Å². The summed E-state index contributed by atoms with van der Waals surface area (Å²) in [5.74, 6) is -0.983. The van der Waals surface area contributed by atoms with Gasteiger partial charge in [0.1, 0.15) is 10.5 Å². The van der Waals surface area contributed by atoms with Crippen molar-refractivity contribution in [2.45, 2.75) is 25.9 Å². The first-order valence-corrected chi connectivity index (χ1v) is 8.10. The van der Waals surface area contributed by atoms with Gasteiger partial charge < -0.3 is 14.3 Å². The second kappa shape index (κ2) is 10.6. The molecule has 0 aromatic heterocycles. The van der Waals surface area contributed by atoms with Crippen LogP contribution in [0.25, 0.3) is 0 Å². The minimum Gasteiger partial charge on any atom is -0.478 e. The summed E-state index contributed by atoms with van der Waals surface area (Å²) >= 11 is 0. The van der Waals surface area contributed by atoms with Crippen LogP contribution in [-0.4, -0.2) is 42.3 Å². The van der Waals surface area contributed by atoms with E-state index in [1.165, 1.54) is 0 Å². The maximum Gasteiger partial charge on any atom is 0.330 e. The van der Waals surface area contributed by atoms with E-state index in [2.05, 4.69) is 19.7 Å². The Hall–Kier alpha value is -0.436. The Labute approximate surface area is 89.9 Å². The van der Waals surface area contributed by atoms with E-state index in [0.29, 0.717) is 12.8 Å². The van der Waals surface area contributed by atoms with Crippen molar-refractivity contribution in [1.82, 2.24) is 0 Å². The molecule has 0 aliphatic rings. The van der Waals surface area contributed by atoms with E-state index >= 15 is 0 Å². The zero-order chi connectivity index (χ0) is 11.6. The molecule has 6 heteroatoms. The van der Waals surface area contributed by atoms with Gasteiger partial charge in [0.05, 0.1) is 0 Å².